The summed E-state index contributed by atoms with van der Waals surface area (Å²) in [6.45, 7) is 3.66. The predicted octanol–water partition coefficient (Wildman–Crippen LogP) is 1.91. The second-order valence-electron chi connectivity index (χ2n) is 8.72. The monoisotopic (exact) mass is 489 g/mol. The first-order valence-electron chi connectivity index (χ1n) is 11.5. The SMILES string of the molecule is CNC(=O)Nc1ccc(-c2nc(N3CCOC[C@@H]3C)cc(C3(S(=O)(=O)CCCO)CC3)n2)cc1. The number of hydrogen-bond acceptors (Lipinski definition) is 8. The molecule has 3 N–H and O–H groups in total. The first-order valence-corrected chi connectivity index (χ1v) is 13.1. The lowest BCUT2D eigenvalue weighted by Crippen LogP contribution is -2.44. The van der Waals surface area contributed by atoms with Crippen molar-refractivity contribution in [1.82, 2.24) is 15.3 Å². The molecule has 1 atom stereocenters. The molecule has 11 heteroatoms. The molecule has 1 aliphatic carbocycles. The van der Waals surface area contributed by atoms with Gasteiger partial charge in [-0.15, -0.1) is 0 Å². The number of aliphatic hydroxyl groups excluding tert-OH is 1. The quantitative estimate of drug-likeness (QED) is 0.512. The minimum Gasteiger partial charge on any atom is -0.396 e. The normalized spacial score (nSPS) is 19.5. The highest BCUT2D eigenvalue weighted by atomic mass is 32.2. The Bertz CT molecular complexity index is 1130. The van der Waals surface area contributed by atoms with E-state index >= 15 is 0 Å². The van der Waals surface area contributed by atoms with E-state index in [1.165, 1.54) is 0 Å². The number of hydrogen-bond donors (Lipinski definition) is 3. The molecule has 4 rings (SSSR count). The molecule has 0 spiro atoms. The van der Waals surface area contributed by atoms with Crippen LogP contribution < -0.4 is 15.5 Å². The zero-order chi connectivity index (χ0) is 24.3. The van der Waals surface area contributed by atoms with Crippen LogP contribution >= 0.6 is 0 Å². The summed E-state index contributed by atoms with van der Waals surface area (Å²) >= 11 is 0. The lowest BCUT2D eigenvalue weighted by molar-refractivity contribution is 0.0985. The fourth-order valence-corrected chi connectivity index (χ4v) is 6.24. The van der Waals surface area contributed by atoms with Gasteiger partial charge in [-0.3, -0.25) is 0 Å². The van der Waals surface area contributed by atoms with E-state index in [1.54, 1.807) is 37.4 Å². The number of carbonyl (C=O) groups is 1. The molecular weight excluding hydrogens is 458 g/mol. The highest BCUT2D eigenvalue weighted by molar-refractivity contribution is 7.92. The zero-order valence-corrected chi connectivity index (χ0v) is 20.3. The molecule has 2 aromatic rings. The number of aliphatic hydroxyl groups is 1. The molecular formula is C23H31N5O5S. The summed E-state index contributed by atoms with van der Waals surface area (Å²) in [5.41, 5.74) is 1.83. The van der Waals surface area contributed by atoms with E-state index in [9.17, 15) is 18.3 Å². The summed E-state index contributed by atoms with van der Waals surface area (Å²) in [5, 5.41) is 14.4. The Morgan fingerprint density at radius 1 is 1.26 bits per heavy atom. The molecule has 2 fully saturated rings. The summed E-state index contributed by atoms with van der Waals surface area (Å²) < 4.78 is 30.9. The molecule has 2 amide bonds. The Morgan fingerprint density at radius 2 is 2.00 bits per heavy atom. The zero-order valence-electron chi connectivity index (χ0n) is 19.5. The number of anilines is 2. The van der Waals surface area contributed by atoms with Gasteiger partial charge in [-0.2, -0.15) is 0 Å². The number of sulfone groups is 1. The van der Waals surface area contributed by atoms with Crippen molar-refractivity contribution in [3.63, 3.8) is 0 Å². The van der Waals surface area contributed by atoms with Crippen molar-refractivity contribution in [3.05, 3.63) is 36.0 Å². The van der Waals surface area contributed by atoms with Gasteiger partial charge in [0, 0.05) is 37.5 Å². The van der Waals surface area contributed by atoms with Crippen molar-refractivity contribution in [2.24, 2.45) is 0 Å². The van der Waals surface area contributed by atoms with Gasteiger partial charge in [-0.1, -0.05) is 0 Å². The van der Waals surface area contributed by atoms with E-state index in [4.69, 9.17) is 14.7 Å². The molecule has 184 valence electrons. The highest BCUT2D eigenvalue weighted by Crippen LogP contribution is 2.53. The lowest BCUT2D eigenvalue weighted by atomic mass is 10.1. The summed E-state index contributed by atoms with van der Waals surface area (Å²) in [6, 6.07) is 8.68. The fourth-order valence-electron chi connectivity index (χ4n) is 4.20. The van der Waals surface area contributed by atoms with Crippen LogP contribution in [-0.4, -0.2) is 74.7 Å². The smallest absolute Gasteiger partial charge is 0.318 e. The third kappa shape index (κ3) is 4.86. The summed E-state index contributed by atoms with van der Waals surface area (Å²) in [7, 11) is -1.95. The van der Waals surface area contributed by atoms with Crippen LogP contribution in [0.5, 0.6) is 0 Å². The van der Waals surface area contributed by atoms with Gasteiger partial charge in [0.15, 0.2) is 15.7 Å². The number of carbonyl (C=O) groups excluding carboxylic acids is 1. The van der Waals surface area contributed by atoms with E-state index in [1.807, 2.05) is 6.92 Å². The number of aromatic nitrogens is 2. The predicted molar refractivity (Wildman–Crippen MR) is 130 cm³/mol. The van der Waals surface area contributed by atoms with Crippen LogP contribution in [0.15, 0.2) is 30.3 Å². The molecule has 0 radical (unpaired) electrons. The van der Waals surface area contributed by atoms with E-state index in [0.717, 1.165) is 5.56 Å². The number of ether oxygens (including phenoxy) is 1. The largest absolute Gasteiger partial charge is 0.396 e. The van der Waals surface area contributed by atoms with Crippen LogP contribution in [0.2, 0.25) is 0 Å². The van der Waals surface area contributed by atoms with Crippen LogP contribution in [0.3, 0.4) is 0 Å². The molecule has 34 heavy (non-hydrogen) atoms. The first kappa shape index (κ1) is 24.4. The van der Waals surface area contributed by atoms with Crippen LogP contribution in [0.4, 0.5) is 16.3 Å². The number of nitrogens with zero attached hydrogens (tertiary/aromatic N) is 3. The molecule has 1 aromatic carbocycles. The summed E-state index contributed by atoms with van der Waals surface area (Å²) in [6.07, 6.45) is 1.21. The van der Waals surface area contributed by atoms with Crippen molar-refractivity contribution < 1.29 is 23.1 Å². The highest BCUT2D eigenvalue weighted by Gasteiger charge is 2.56. The van der Waals surface area contributed by atoms with Gasteiger partial charge in [0.1, 0.15) is 10.6 Å². The Labute approximate surface area is 199 Å². The maximum atomic E-state index is 13.2. The average molecular weight is 490 g/mol. The molecule has 1 aliphatic heterocycles. The van der Waals surface area contributed by atoms with Crippen LogP contribution in [-0.2, 0) is 19.3 Å². The van der Waals surface area contributed by atoms with E-state index in [0.29, 0.717) is 55.6 Å². The van der Waals surface area contributed by atoms with Gasteiger partial charge in [-0.25, -0.2) is 23.2 Å². The number of urea groups is 1. The van der Waals surface area contributed by atoms with Gasteiger partial charge in [0.2, 0.25) is 0 Å². The Kier molecular flexibility index (Phi) is 7.06. The standard InChI is InChI=1S/C23H31N5O5S/c1-16-15-33-12-10-28(16)20-14-19(23(8-9-23)34(31,32)13-3-11-29)26-21(27-20)17-4-6-18(7-5-17)25-22(30)24-2/h4-7,14,16,29H,3,8-13,15H2,1-2H3,(H2,24,25,30)/t16-/m0/s1. The number of nitrogens with one attached hydrogen (secondary N) is 2. The van der Waals surface area contributed by atoms with Crippen molar-refractivity contribution in [1.29, 1.82) is 0 Å². The Morgan fingerprint density at radius 3 is 2.62 bits per heavy atom. The second kappa shape index (κ2) is 9.85. The summed E-state index contributed by atoms with van der Waals surface area (Å²) in [5.74, 6) is 1.03. The Hall–Kier alpha value is -2.76. The second-order valence-corrected chi connectivity index (χ2v) is 11.1. The van der Waals surface area contributed by atoms with Crippen molar-refractivity contribution in [2.75, 3.05) is 49.4 Å². The maximum Gasteiger partial charge on any atom is 0.318 e. The minimum atomic E-state index is -3.49. The van der Waals surface area contributed by atoms with E-state index < -0.39 is 14.6 Å². The lowest BCUT2D eigenvalue weighted by Gasteiger charge is -2.34. The molecule has 0 bridgehead atoms. The fraction of sp³-hybridized carbons (Fsp3) is 0.522. The molecule has 1 saturated carbocycles. The van der Waals surface area contributed by atoms with Gasteiger partial charge < -0.3 is 25.4 Å². The van der Waals surface area contributed by atoms with E-state index in [-0.39, 0.29) is 30.9 Å². The molecule has 2 heterocycles. The third-order valence-electron chi connectivity index (χ3n) is 6.34. The summed E-state index contributed by atoms with van der Waals surface area (Å²) in [4.78, 5) is 23.2. The topological polar surface area (TPSA) is 134 Å². The Balaban J connectivity index is 1.75. The molecule has 10 nitrogen and oxygen atoms in total. The molecule has 1 aromatic heterocycles. The molecule has 0 unspecified atom stereocenters. The minimum absolute atomic E-state index is 0.0774. The van der Waals surface area contributed by atoms with Crippen LogP contribution in [0.25, 0.3) is 11.4 Å². The third-order valence-corrected chi connectivity index (χ3v) is 8.97. The first-order chi connectivity index (χ1) is 16.3. The number of benzene rings is 1. The van der Waals surface area contributed by atoms with E-state index in [2.05, 4.69) is 15.5 Å². The van der Waals surface area contributed by atoms with Crippen molar-refractivity contribution in [3.8, 4) is 11.4 Å². The van der Waals surface area contributed by atoms with Gasteiger partial charge in [0.25, 0.3) is 0 Å². The number of rotatable bonds is 8. The van der Waals surface area contributed by atoms with Crippen LogP contribution in [0.1, 0.15) is 31.9 Å². The number of amides is 2. The average Bonchev–Trinajstić information content (AvgIpc) is 3.66. The molecule has 2 aliphatic rings. The molecule has 1 saturated heterocycles. The van der Waals surface area contributed by atoms with Crippen LogP contribution in [0, 0.1) is 0 Å². The van der Waals surface area contributed by atoms with Gasteiger partial charge >= 0.3 is 6.03 Å². The van der Waals surface area contributed by atoms with Crippen molar-refractivity contribution in [2.45, 2.75) is 37.0 Å². The van der Waals surface area contributed by atoms with Crippen molar-refractivity contribution >= 4 is 27.4 Å². The van der Waals surface area contributed by atoms with Gasteiger partial charge in [-0.05, 0) is 50.5 Å². The maximum absolute atomic E-state index is 13.2. The number of morpholine rings is 1. The van der Waals surface area contributed by atoms with Gasteiger partial charge in [0.05, 0.1) is 30.7 Å².